The Labute approximate surface area is 147 Å². The van der Waals surface area contributed by atoms with E-state index in [0.29, 0.717) is 0 Å². The third-order valence-corrected chi connectivity index (χ3v) is 4.96. The quantitative estimate of drug-likeness (QED) is 0.813. The third-order valence-electron chi connectivity index (χ3n) is 3.21. The second kappa shape index (κ2) is 7.23. The Balaban J connectivity index is 2.48. The molecular formula is C18H22O6S. The zero-order chi connectivity index (χ0) is 18.8. The van der Waals surface area contributed by atoms with Gasteiger partial charge in [-0.15, -0.1) is 0 Å². The number of rotatable bonds is 6. The molecule has 25 heavy (non-hydrogen) atoms. The van der Waals surface area contributed by atoms with Crippen LogP contribution >= 0.6 is 0 Å². The highest BCUT2D eigenvalue weighted by Crippen LogP contribution is 2.35. The van der Waals surface area contributed by atoms with E-state index in [1.807, 2.05) is 0 Å². The van der Waals surface area contributed by atoms with Gasteiger partial charge in [0.2, 0.25) is 9.84 Å². The average Bonchev–Trinajstić information content (AvgIpc) is 2.50. The Kier molecular flexibility index (Phi) is 5.47. The summed E-state index contributed by atoms with van der Waals surface area (Å²) in [6.45, 7) is 7.10. The lowest BCUT2D eigenvalue weighted by Gasteiger charge is -2.14. The Hall–Kier alpha value is -2.41. The van der Waals surface area contributed by atoms with Crippen molar-refractivity contribution in [1.82, 2.24) is 0 Å². The Morgan fingerprint density at radius 1 is 0.760 bits per heavy atom. The van der Waals surface area contributed by atoms with Crippen LogP contribution < -0.4 is 9.47 Å². The molecule has 2 aromatic carbocycles. The van der Waals surface area contributed by atoms with E-state index >= 15 is 0 Å². The molecule has 0 unspecified atom stereocenters. The molecule has 136 valence electrons. The highest BCUT2D eigenvalue weighted by molar-refractivity contribution is 7.91. The molecule has 0 amide bonds. The molecule has 0 saturated carbocycles. The van der Waals surface area contributed by atoms with E-state index in [0.717, 1.165) is 0 Å². The van der Waals surface area contributed by atoms with Crippen molar-refractivity contribution in [2.24, 2.45) is 0 Å². The van der Waals surface area contributed by atoms with Crippen LogP contribution in [0.25, 0.3) is 0 Å². The second-order valence-corrected chi connectivity index (χ2v) is 8.05. The summed E-state index contributed by atoms with van der Waals surface area (Å²) in [6, 6.07) is 7.70. The number of benzene rings is 2. The van der Waals surface area contributed by atoms with Crippen molar-refractivity contribution in [2.45, 2.75) is 49.7 Å². The second-order valence-electron chi connectivity index (χ2n) is 6.10. The van der Waals surface area contributed by atoms with Crippen molar-refractivity contribution < 1.29 is 28.1 Å². The van der Waals surface area contributed by atoms with E-state index in [1.165, 1.54) is 36.4 Å². The first-order chi connectivity index (χ1) is 11.6. The van der Waals surface area contributed by atoms with Crippen molar-refractivity contribution in [3.05, 3.63) is 36.4 Å². The summed E-state index contributed by atoms with van der Waals surface area (Å²) >= 11 is 0. The molecule has 0 saturated heterocycles. The van der Waals surface area contributed by atoms with E-state index in [4.69, 9.17) is 9.47 Å². The van der Waals surface area contributed by atoms with E-state index in [1.54, 1.807) is 27.7 Å². The number of hydrogen-bond donors (Lipinski definition) is 2. The van der Waals surface area contributed by atoms with Crippen LogP contribution in [0.1, 0.15) is 27.7 Å². The Bertz CT molecular complexity index is 790. The van der Waals surface area contributed by atoms with Gasteiger partial charge in [0.15, 0.2) is 23.0 Å². The molecule has 6 nitrogen and oxygen atoms in total. The minimum Gasteiger partial charge on any atom is -0.504 e. The highest BCUT2D eigenvalue weighted by Gasteiger charge is 2.22. The van der Waals surface area contributed by atoms with Crippen LogP contribution in [0.2, 0.25) is 0 Å². The van der Waals surface area contributed by atoms with Gasteiger partial charge in [0.1, 0.15) is 0 Å². The van der Waals surface area contributed by atoms with Crippen LogP contribution in [0.3, 0.4) is 0 Å². The molecule has 0 heterocycles. The third kappa shape index (κ3) is 4.36. The maximum absolute atomic E-state index is 12.9. The molecule has 2 N–H and O–H groups in total. The lowest BCUT2D eigenvalue weighted by atomic mass is 10.3. The van der Waals surface area contributed by atoms with Crippen molar-refractivity contribution in [3.8, 4) is 23.0 Å². The SMILES string of the molecule is CC(C)Oc1cc(S(=O)(=O)c2ccc(O)c(OC(C)C)c2)ccc1O. The van der Waals surface area contributed by atoms with Gasteiger partial charge in [-0.05, 0) is 52.0 Å². The molecule has 0 aliphatic heterocycles. The zero-order valence-electron chi connectivity index (χ0n) is 14.6. The summed E-state index contributed by atoms with van der Waals surface area (Å²) in [6.07, 6.45) is -0.438. The van der Waals surface area contributed by atoms with Gasteiger partial charge in [0.25, 0.3) is 0 Å². The van der Waals surface area contributed by atoms with Crippen molar-refractivity contribution in [1.29, 1.82) is 0 Å². The molecule has 0 aliphatic rings. The molecule has 0 radical (unpaired) electrons. The lowest BCUT2D eigenvalue weighted by molar-refractivity contribution is 0.231. The monoisotopic (exact) mass is 366 g/mol. The minimum absolute atomic E-state index is 0.0258. The predicted octanol–water partition coefficient (Wildman–Crippen LogP) is 3.51. The molecule has 7 heteroatoms. The summed E-state index contributed by atoms with van der Waals surface area (Å²) in [7, 11) is -3.87. The fraction of sp³-hybridized carbons (Fsp3) is 0.333. The van der Waals surface area contributed by atoms with E-state index in [2.05, 4.69) is 0 Å². The van der Waals surface area contributed by atoms with Crippen LogP contribution in [-0.2, 0) is 9.84 Å². The molecule has 2 aromatic rings. The van der Waals surface area contributed by atoms with Crippen molar-refractivity contribution >= 4 is 9.84 Å². The van der Waals surface area contributed by atoms with Gasteiger partial charge >= 0.3 is 0 Å². The van der Waals surface area contributed by atoms with Gasteiger partial charge in [-0.1, -0.05) is 0 Å². The van der Waals surface area contributed by atoms with E-state index in [9.17, 15) is 18.6 Å². The highest BCUT2D eigenvalue weighted by atomic mass is 32.2. The standard InChI is InChI=1S/C18H22O6S/c1-11(2)23-17-9-13(5-7-15(17)19)25(21,22)14-6-8-16(20)18(10-14)24-12(3)4/h5-12,19-20H,1-4H3. The van der Waals surface area contributed by atoms with E-state index in [-0.39, 0.29) is 45.0 Å². The van der Waals surface area contributed by atoms with Crippen LogP contribution in [0, 0.1) is 0 Å². The number of hydrogen-bond acceptors (Lipinski definition) is 6. The van der Waals surface area contributed by atoms with Gasteiger partial charge in [0.05, 0.1) is 22.0 Å². The summed E-state index contributed by atoms with van der Waals surface area (Å²) in [5.41, 5.74) is 0. The van der Waals surface area contributed by atoms with Crippen LogP contribution in [0.5, 0.6) is 23.0 Å². The first kappa shape index (κ1) is 18.9. The molecule has 0 fully saturated rings. The molecule has 0 aromatic heterocycles. The largest absolute Gasteiger partial charge is 0.504 e. The fourth-order valence-corrected chi connectivity index (χ4v) is 3.45. The summed E-state index contributed by atoms with van der Waals surface area (Å²) in [5, 5.41) is 19.7. The minimum atomic E-state index is -3.87. The summed E-state index contributed by atoms with van der Waals surface area (Å²) in [5.74, 6) is -0.0913. The van der Waals surface area contributed by atoms with Crippen LogP contribution in [-0.4, -0.2) is 30.8 Å². The first-order valence-electron chi connectivity index (χ1n) is 7.85. The molecular weight excluding hydrogens is 344 g/mol. The number of aromatic hydroxyl groups is 2. The van der Waals surface area contributed by atoms with Gasteiger partial charge in [0, 0.05) is 12.1 Å². The maximum atomic E-state index is 12.9. The molecule has 0 atom stereocenters. The lowest BCUT2D eigenvalue weighted by Crippen LogP contribution is -2.09. The molecule has 0 bridgehead atoms. The topological polar surface area (TPSA) is 93.1 Å². The van der Waals surface area contributed by atoms with Gasteiger partial charge in [-0.3, -0.25) is 0 Å². The van der Waals surface area contributed by atoms with Crippen molar-refractivity contribution in [3.63, 3.8) is 0 Å². The Morgan fingerprint density at radius 3 is 1.44 bits per heavy atom. The summed E-state index contributed by atoms with van der Waals surface area (Å²) in [4.78, 5) is -0.0516. The number of phenols is 2. The van der Waals surface area contributed by atoms with Crippen molar-refractivity contribution in [2.75, 3.05) is 0 Å². The van der Waals surface area contributed by atoms with Gasteiger partial charge in [-0.25, -0.2) is 8.42 Å². The van der Waals surface area contributed by atoms with Gasteiger partial charge in [-0.2, -0.15) is 0 Å². The van der Waals surface area contributed by atoms with Crippen LogP contribution in [0.15, 0.2) is 46.2 Å². The fourth-order valence-electron chi connectivity index (χ4n) is 2.16. The number of phenolic OH excluding ortho intramolecular Hbond substituents is 2. The van der Waals surface area contributed by atoms with Crippen LogP contribution in [0.4, 0.5) is 0 Å². The first-order valence-corrected chi connectivity index (χ1v) is 9.34. The number of ether oxygens (including phenoxy) is 2. The summed E-state index contributed by atoms with van der Waals surface area (Å²) < 4.78 is 36.6. The maximum Gasteiger partial charge on any atom is 0.206 e. The Morgan fingerprint density at radius 2 is 1.12 bits per heavy atom. The predicted molar refractivity (Wildman–Crippen MR) is 93.2 cm³/mol. The number of sulfone groups is 1. The zero-order valence-corrected chi connectivity index (χ0v) is 15.4. The normalized spacial score (nSPS) is 11.8. The smallest absolute Gasteiger partial charge is 0.206 e. The van der Waals surface area contributed by atoms with E-state index < -0.39 is 9.84 Å². The average molecular weight is 366 g/mol. The van der Waals surface area contributed by atoms with Gasteiger partial charge < -0.3 is 19.7 Å². The molecule has 2 rings (SSSR count). The molecule has 0 aliphatic carbocycles. The molecule has 0 spiro atoms.